The minimum Gasteiger partial charge on any atom is -0.349 e. The van der Waals surface area contributed by atoms with Crippen LogP contribution in [0.1, 0.15) is 38.2 Å². The van der Waals surface area contributed by atoms with Crippen molar-refractivity contribution in [2.45, 2.75) is 39.8 Å². The van der Waals surface area contributed by atoms with E-state index < -0.39 is 0 Å². The van der Waals surface area contributed by atoms with Crippen LogP contribution in [-0.4, -0.2) is 46.2 Å². The second-order valence-corrected chi connectivity index (χ2v) is 4.65. The first-order chi connectivity index (χ1) is 8.02. The van der Waals surface area contributed by atoms with Gasteiger partial charge < -0.3 is 5.32 Å². The van der Waals surface area contributed by atoms with Gasteiger partial charge in [-0.15, -0.1) is 0 Å². The van der Waals surface area contributed by atoms with Gasteiger partial charge in [0, 0.05) is 31.4 Å². The van der Waals surface area contributed by atoms with Crippen LogP contribution >= 0.6 is 0 Å². The second kappa shape index (κ2) is 6.39. The molecule has 0 saturated heterocycles. The van der Waals surface area contributed by atoms with E-state index in [4.69, 9.17) is 0 Å². The van der Waals surface area contributed by atoms with Crippen LogP contribution in [0.4, 0.5) is 0 Å². The Hall–Kier alpha value is -1.36. The van der Waals surface area contributed by atoms with Crippen molar-refractivity contribution in [3.63, 3.8) is 0 Å². The molecule has 5 nitrogen and oxygen atoms in total. The fourth-order valence-corrected chi connectivity index (χ4v) is 1.89. The molecule has 0 atom stereocenters. The molecule has 1 amide bonds. The Morgan fingerprint density at radius 1 is 1.41 bits per heavy atom. The highest BCUT2D eigenvalue weighted by Crippen LogP contribution is 2.03. The summed E-state index contributed by atoms with van der Waals surface area (Å²) in [5.74, 6) is -0.102. The number of hydrogen-bond acceptors (Lipinski definition) is 3. The van der Waals surface area contributed by atoms with Crippen molar-refractivity contribution in [1.82, 2.24) is 20.4 Å². The molecule has 1 rings (SSSR count). The summed E-state index contributed by atoms with van der Waals surface area (Å²) in [5, 5.41) is 9.26. The molecule has 0 aliphatic heterocycles. The largest absolute Gasteiger partial charge is 0.349 e. The number of amides is 1. The number of hydrogen-bond donors (Lipinski definition) is 2. The maximum absolute atomic E-state index is 11.6. The van der Waals surface area contributed by atoms with Crippen molar-refractivity contribution in [2.75, 3.05) is 13.1 Å². The lowest BCUT2D eigenvalue weighted by molar-refractivity contribution is 0.0934. The highest BCUT2D eigenvalue weighted by molar-refractivity contribution is 5.92. The lowest BCUT2D eigenvalue weighted by Crippen LogP contribution is -2.42. The van der Waals surface area contributed by atoms with Gasteiger partial charge in [0.1, 0.15) is 5.69 Å². The molecule has 0 spiro atoms. The third-order valence-electron chi connectivity index (χ3n) is 2.73. The topological polar surface area (TPSA) is 61.0 Å². The van der Waals surface area contributed by atoms with Gasteiger partial charge in [-0.3, -0.25) is 14.8 Å². The summed E-state index contributed by atoms with van der Waals surface area (Å²) in [6, 6.07) is 2.64. The first-order valence-electron chi connectivity index (χ1n) is 6.05. The van der Waals surface area contributed by atoms with Gasteiger partial charge in [-0.05, 0) is 33.8 Å². The van der Waals surface area contributed by atoms with Gasteiger partial charge in [0.2, 0.25) is 0 Å². The van der Waals surface area contributed by atoms with Crippen LogP contribution in [0.25, 0.3) is 0 Å². The van der Waals surface area contributed by atoms with Gasteiger partial charge in [0.25, 0.3) is 5.91 Å². The maximum atomic E-state index is 11.6. The number of aromatic amines is 1. The standard InChI is InChI=1S/C12H22N4O/c1-9(2)16(10(3)4)8-7-13-12(17)11-5-6-14-15-11/h5-6,9-10H,7-8H2,1-4H3,(H,13,17)(H,14,15). The van der Waals surface area contributed by atoms with Crippen LogP contribution < -0.4 is 5.32 Å². The Bertz CT molecular complexity index is 324. The number of aromatic nitrogens is 2. The Morgan fingerprint density at radius 3 is 2.53 bits per heavy atom. The van der Waals surface area contributed by atoms with Crippen molar-refractivity contribution in [3.8, 4) is 0 Å². The Balaban J connectivity index is 2.34. The summed E-state index contributed by atoms with van der Waals surface area (Å²) in [6.45, 7) is 10.2. The first kappa shape index (κ1) is 13.7. The molecule has 0 radical (unpaired) electrons. The molecule has 2 N–H and O–H groups in total. The van der Waals surface area contributed by atoms with Crippen molar-refractivity contribution in [2.24, 2.45) is 0 Å². The molecule has 0 aromatic carbocycles. The molecular weight excluding hydrogens is 216 g/mol. The predicted molar refractivity (Wildman–Crippen MR) is 67.9 cm³/mol. The molecule has 17 heavy (non-hydrogen) atoms. The van der Waals surface area contributed by atoms with Crippen LogP contribution in [-0.2, 0) is 0 Å². The SMILES string of the molecule is CC(C)N(CCNC(=O)c1ccn[nH]1)C(C)C. The van der Waals surface area contributed by atoms with Crippen molar-refractivity contribution in [3.05, 3.63) is 18.0 Å². The average Bonchev–Trinajstić information content (AvgIpc) is 2.76. The van der Waals surface area contributed by atoms with Crippen LogP contribution in [0.5, 0.6) is 0 Å². The van der Waals surface area contributed by atoms with Crippen LogP contribution in [0, 0.1) is 0 Å². The zero-order chi connectivity index (χ0) is 12.8. The van der Waals surface area contributed by atoms with E-state index >= 15 is 0 Å². The smallest absolute Gasteiger partial charge is 0.269 e. The molecule has 1 aromatic heterocycles. The minimum atomic E-state index is -0.102. The van der Waals surface area contributed by atoms with E-state index in [2.05, 4.69) is 48.1 Å². The van der Waals surface area contributed by atoms with Gasteiger partial charge in [0.15, 0.2) is 0 Å². The monoisotopic (exact) mass is 238 g/mol. The van der Waals surface area contributed by atoms with Gasteiger partial charge in [-0.25, -0.2) is 0 Å². The van der Waals surface area contributed by atoms with E-state index in [0.717, 1.165) is 6.54 Å². The van der Waals surface area contributed by atoms with Crippen molar-refractivity contribution < 1.29 is 4.79 Å². The summed E-state index contributed by atoms with van der Waals surface area (Å²) < 4.78 is 0. The molecule has 0 fully saturated rings. The molecule has 0 aliphatic rings. The van der Waals surface area contributed by atoms with Crippen LogP contribution in [0.2, 0.25) is 0 Å². The highest BCUT2D eigenvalue weighted by Gasteiger charge is 2.13. The fraction of sp³-hybridized carbons (Fsp3) is 0.667. The Morgan fingerprint density at radius 2 is 2.06 bits per heavy atom. The molecular formula is C12H22N4O. The lowest BCUT2D eigenvalue weighted by Gasteiger charge is -2.30. The zero-order valence-corrected chi connectivity index (χ0v) is 11.0. The number of nitrogens with one attached hydrogen (secondary N) is 2. The summed E-state index contributed by atoms with van der Waals surface area (Å²) in [4.78, 5) is 14.0. The maximum Gasteiger partial charge on any atom is 0.269 e. The average molecular weight is 238 g/mol. The van der Waals surface area contributed by atoms with Crippen molar-refractivity contribution in [1.29, 1.82) is 0 Å². The van der Waals surface area contributed by atoms with E-state index in [1.807, 2.05) is 0 Å². The van der Waals surface area contributed by atoms with Gasteiger partial charge in [-0.1, -0.05) is 0 Å². The van der Waals surface area contributed by atoms with Crippen LogP contribution in [0.3, 0.4) is 0 Å². The molecule has 5 heteroatoms. The summed E-state index contributed by atoms with van der Waals surface area (Å²) in [6.07, 6.45) is 1.57. The first-order valence-corrected chi connectivity index (χ1v) is 6.05. The normalized spacial score (nSPS) is 11.5. The van der Waals surface area contributed by atoms with Crippen LogP contribution in [0.15, 0.2) is 12.3 Å². The number of carbonyl (C=O) groups excluding carboxylic acids is 1. The predicted octanol–water partition coefficient (Wildman–Crippen LogP) is 1.26. The second-order valence-electron chi connectivity index (χ2n) is 4.65. The van der Waals surface area contributed by atoms with E-state index in [1.54, 1.807) is 12.3 Å². The number of nitrogens with zero attached hydrogens (tertiary/aromatic N) is 2. The molecule has 0 bridgehead atoms. The summed E-state index contributed by atoms with van der Waals surface area (Å²) >= 11 is 0. The number of rotatable bonds is 6. The molecule has 1 aromatic rings. The quantitative estimate of drug-likeness (QED) is 0.784. The fourth-order valence-electron chi connectivity index (χ4n) is 1.89. The summed E-state index contributed by atoms with van der Waals surface area (Å²) in [5.41, 5.74) is 0.505. The van der Waals surface area contributed by atoms with Gasteiger partial charge >= 0.3 is 0 Å². The molecule has 0 unspecified atom stereocenters. The number of H-pyrrole nitrogens is 1. The van der Waals surface area contributed by atoms with E-state index in [0.29, 0.717) is 24.3 Å². The molecule has 1 heterocycles. The van der Waals surface area contributed by atoms with E-state index in [-0.39, 0.29) is 5.91 Å². The molecule has 0 saturated carbocycles. The third-order valence-corrected chi connectivity index (χ3v) is 2.73. The molecule has 0 aliphatic carbocycles. The third kappa shape index (κ3) is 4.19. The molecule has 96 valence electrons. The lowest BCUT2D eigenvalue weighted by atomic mass is 10.2. The van der Waals surface area contributed by atoms with E-state index in [9.17, 15) is 4.79 Å². The highest BCUT2D eigenvalue weighted by atomic mass is 16.1. The minimum absolute atomic E-state index is 0.102. The van der Waals surface area contributed by atoms with Crippen molar-refractivity contribution >= 4 is 5.91 Å². The zero-order valence-electron chi connectivity index (χ0n) is 11.0. The Labute approximate surface area is 103 Å². The number of carbonyl (C=O) groups is 1. The Kier molecular flexibility index (Phi) is 5.15. The van der Waals surface area contributed by atoms with E-state index in [1.165, 1.54) is 0 Å². The summed E-state index contributed by atoms with van der Waals surface area (Å²) in [7, 11) is 0. The van der Waals surface area contributed by atoms with Gasteiger partial charge in [0.05, 0.1) is 0 Å². The van der Waals surface area contributed by atoms with Gasteiger partial charge in [-0.2, -0.15) is 5.10 Å².